The van der Waals surface area contributed by atoms with Crippen LogP contribution >= 0.6 is 0 Å². The first-order chi connectivity index (χ1) is 12.2. The van der Waals surface area contributed by atoms with E-state index in [4.69, 9.17) is 0 Å². The van der Waals surface area contributed by atoms with Crippen molar-refractivity contribution in [1.82, 2.24) is 25.3 Å². The topological polar surface area (TPSA) is 88.1 Å². The third kappa shape index (κ3) is 3.81. The number of nitrogens with one attached hydrogen (secondary N) is 2. The number of hydrogen-bond donors (Lipinski definition) is 3. The molecule has 0 aromatic heterocycles. The van der Waals surface area contributed by atoms with Crippen molar-refractivity contribution in [2.24, 2.45) is 0 Å². The van der Waals surface area contributed by atoms with Gasteiger partial charge >= 0.3 is 5.97 Å². The van der Waals surface area contributed by atoms with Gasteiger partial charge < -0.3 is 15.7 Å². The number of rotatable bonds is 6. The maximum absolute atomic E-state index is 12.3. The van der Waals surface area contributed by atoms with Crippen LogP contribution in [0.15, 0.2) is 0 Å². The molecule has 0 radical (unpaired) electrons. The second kappa shape index (κ2) is 8.44. The highest BCUT2D eigenvalue weighted by Gasteiger charge is 2.50. The first-order valence-electron chi connectivity index (χ1n) is 9.58. The van der Waals surface area contributed by atoms with Crippen LogP contribution in [0.5, 0.6) is 0 Å². The molecule has 3 fully saturated rings. The van der Waals surface area contributed by atoms with E-state index in [-0.39, 0.29) is 0 Å². The number of piperazine rings is 1. The van der Waals surface area contributed by atoms with Gasteiger partial charge in [-0.2, -0.15) is 0 Å². The standard InChI is InChI=1S/C17H31N5O3/c23-14-19-17(16(24)25,21-8-2-1-3-9-21)22-12-10-20(11-13-22)15-4-6-18-7-5-15/h14-15,18H,1-13H2,(H,19,23)(H,24,25). The Bertz CT molecular complexity index is 457. The fourth-order valence-corrected chi connectivity index (χ4v) is 4.60. The molecule has 1 amide bonds. The zero-order valence-corrected chi connectivity index (χ0v) is 15.0. The van der Waals surface area contributed by atoms with Crippen LogP contribution in [0.2, 0.25) is 0 Å². The van der Waals surface area contributed by atoms with E-state index in [1.165, 1.54) is 0 Å². The van der Waals surface area contributed by atoms with E-state index in [0.717, 1.165) is 58.3 Å². The second-order valence-corrected chi connectivity index (χ2v) is 7.29. The number of hydrogen-bond acceptors (Lipinski definition) is 6. The number of carbonyl (C=O) groups excluding carboxylic acids is 1. The highest BCUT2D eigenvalue weighted by Crippen LogP contribution is 2.26. The zero-order chi connectivity index (χ0) is 17.7. The average Bonchev–Trinajstić information content (AvgIpc) is 2.67. The third-order valence-electron chi connectivity index (χ3n) is 5.97. The van der Waals surface area contributed by atoms with Gasteiger partial charge in [0.2, 0.25) is 6.41 Å². The first-order valence-corrected chi connectivity index (χ1v) is 9.58. The van der Waals surface area contributed by atoms with E-state index in [1.807, 2.05) is 9.80 Å². The molecular formula is C17H31N5O3. The molecule has 0 saturated carbocycles. The van der Waals surface area contributed by atoms with Gasteiger partial charge in [0.05, 0.1) is 0 Å². The van der Waals surface area contributed by atoms with E-state index in [9.17, 15) is 14.7 Å². The van der Waals surface area contributed by atoms with Crippen molar-refractivity contribution in [3.63, 3.8) is 0 Å². The Morgan fingerprint density at radius 1 is 1.00 bits per heavy atom. The van der Waals surface area contributed by atoms with E-state index in [1.54, 1.807) is 0 Å². The lowest BCUT2D eigenvalue weighted by molar-refractivity contribution is -0.181. The molecule has 25 heavy (non-hydrogen) atoms. The van der Waals surface area contributed by atoms with Gasteiger partial charge in [-0.15, -0.1) is 0 Å². The minimum Gasteiger partial charge on any atom is -0.477 e. The molecule has 142 valence electrons. The van der Waals surface area contributed by atoms with Crippen molar-refractivity contribution >= 4 is 12.4 Å². The molecule has 8 nitrogen and oxygen atoms in total. The molecule has 3 heterocycles. The summed E-state index contributed by atoms with van der Waals surface area (Å²) in [6, 6.07) is 0.594. The molecule has 0 aliphatic carbocycles. The summed E-state index contributed by atoms with van der Waals surface area (Å²) in [5.41, 5.74) is 0. The zero-order valence-electron chi connectivity index (χ0n) is 15.0. The Morgan fingerprint density at radius 2 is 1.60 bits per heavy atom. The highest BCUT2D eigenvalue weighted by atomic mass is 16.4. The van der Waals surface area contributed by atoms with Crippen molar-refractivity contribution in [2.45, 2.75) is 43.9 Å². The molecule has 1 unspecified atom stereocenters. The Morgan fingerprint density at radius 3 is 2.16 bits per heavy atom. The number of aliphatic carboxylic acids is 1. The van der Waals surface area contributed by atoms with Gasteiger partial charge in [-0.05, 0) is 38.8 Å². The van der Waals surface area contributed by atoms with Gasteiger partial charge in [-0.25, -0.2) is 4.79 Å². The van der Waals surface area contributed by atoms with Crippen LogP contribution in [-0.2, 0) is 9.59 Å². The van der Waals surface area contributed by atoms with Crippen molar-refractivity contribution in [1.29, 1.82) is 0 Å². The summed E-state index contributed by atoms with van der Waals surface area (Å²) in [5.74, 6) is -2.38. The summed E-state index contributed by atoms with van der Waals surface area (Å²) in [4.78, 5) is 29.9. The Hall–Kier alpha value is -1.22. The quantitative estimate of drug-likeness (QED) is 0.546. The van der Waals surface area contributed by atoms with Crippen molar-refractivity contribution < 1.29 is 14.7 Å². The van der Waals surface area contributed by atoms with Gasteiger partial charge in [-0.3, -0.25) is 19.5 Å². The molecule has 0 aromatic carbocycles. The fourth-order valence-electron chi connectivity index (χ4n) is 4.60. The largest absolute Gasteiger partial charge is 0.477 e. The molecule has 3 rings (SSSR count). The molecule has 3 aliphatic heterocycles. The number of piperidine rings is 2. The summed E-state index contributed by atoms with van der Waals surface area (Å²) in [6.45, 7) is 6.57. The van der Waals surface area contributed by atoms with Crippen LogP contribution in [0.3, 0.4) is 0 Å². The van der Waals surface area contributed by atoms with Gasteiger partial charge in [0, 0.05) is 45.3 Å². The smallest absolute Gasteiger partial charge is 0.361 e. The summed E-state index contributed by atoms with van der Waals surface area (Å²) in [6.07, 6.45) is 5.93. The van der Waals surface area contributed by atoms with Crippen LogP contribution in [0.25, 0.3) is 0 Å². The van der Waals surface area contributed by atoms with Crippen LogP contribution in [-0.4, -0.2) is 96.4 Å². The monoisotopic (exact) mass is 353 g/mol. The van der Waals surface area contributed by atoms with Crippen molar-refractivity contribution in [3.8, 4) is 0 Å². The minimum atomic E-state index is -1.40. The number of carboxylic acid groups (broad SMARTS) is 1. The number of amides is 1. The summed E-state index contributed by atoms with van der Waals surface area (Å²) in [7, 11) is 0. The van der Waals surface area contributed by atoms with Crippen molar-refractivity contribution in [3.05, 3.63) is 0 Å². The lowest BCUT2D eigenvalue weighted by Gasteiger charge is -2.51. The molecule has 8 heteroatoms. The third-order valence-corrected chi connectivity index (χ3v) is 5.97. The normalized spacial score (nSPS) is 27.5. The van der Waals surface area contributed by atoms with Gasteiger partial charge in [-0.1, -0.05) is 6.42 Å². The van der Waals surface area contributed by atoms with Crippen LogP contribution in [0.4, 0.5) is 0 Å². The first kappa shape index (κ1) is 18.6. The minimum absolute atomic E-state index is 0.544. The number of carboxylic acids is 1. The molecular weight excluding hydrogens is 322 g/mol. The maximum Gasteiger partial charge on any atom is 0.361 e. The lowest BCUT2D eigenvalue weighted by atomic mass is 10.0. The van der Waals surface area contributed by atoms with Crippen LogP contribution in [0, 0.1) is 0 Å². The second-order valence-electron chi connectivity index (χ2n) is 7.29. The molecule has 0 aromatic rings. The molecule has 3 saturated heterocycles. The van der Waals surface area contributed by atoms with Gasteiger partial charge in [0.25, 0.3) is 5.79 Å². The van der Waals surface area contributed by atoms with E-state index >= 15 is 0 Å². The molecule has 1 atom stereocenters. The summed E-state index contributed by atoms with van der Waals surface area (Å²) in [5, 5.41) is 16.1. The molecule has 0 bridgehead atoms. The number of nitrogens with zero attached hydrogens (tertiary/aromatic N) is 3. The van der Waals surface area contributed by atoms with E-state index in [0.29, 0.717) is 38.6 Å². The van der Waals surface area contributed by atoms with E-state index in [2.05, 4.69) is 15.5 Å². The fraction of sp³-hybridized carbons (Fsp3) is 0.882. The summed E-state index contributed by atoms with van der Waals surface area (Å²) < 4.78 is 0. The van der Waals surface area contributed by atoms with Crippen LogP contribution in [0.1, 0.15) is 32.1 Å². The number of carbonyl (C=O) groups is 2. The highest BCUT2D eigenvalue weighted by molar-refractivity contribution is 5.80. The lowest BCUT2D eigenvalue weighted by Crippen LogP contribution is -2.76. The Kier molecular flexibility index (Phi) is 6.27. The van der Waals surface area contributed by atoms with Gasteiger partial charge in [0.1, 0.15) is 0 Å². The SMILES string of the molecule is O=CNC(C(=O)O)(N1CCCCC1)N1CCN(C2CCNCC2)CC1. The number of likely N-dealkylation sites (tertiary alicyclic amines) is 1. The average molecular weight is 353 g/mol. The Balaban J connectivity index is 1.71. The van der Waals surface area contributed by atoms with Gasteiger partial charge in [0.15, 0.2) is 0 Å². The van der Waals surface area contributed by atoms with Crippen LogP contribution < -0.4 is 10.6 Å². The maximum atomic E-state index is 12.3. The predicted molar refractivity (Wildman–Crippen MR) is 94.0 cm³/mol. The molecule has 3 N–H and O–H groups in total. The predicted octanol–water partition coefficient (Wildman–Crippen LogP) is -0.674. The molecule has 0 spiro atoms. The Labute approximate surface area is 149 Å². The van der Waals surface area contributed by atoms with E-state index < -0.39 is 11.8 Å². The van der Waals surface area contributed by atoms with Crippen molar-refractivity contribution in [2.75, 3.05) is 52.4 Å². The summed E-state index contributed by atoms with van der Waals surface area (Å²) >= 11 is 0. The molecule has 3 aliphatic rings.